The molecule has 168 valence electrons. The second-order valence-corrected chi connectivity index (χ2v) is 8.42. The minimum atomic E-state index is -0.221. The predicted molar refractivity (Wildman–Crippen MR) is 128 cm³/mol. The van der Waals surface area contributed by atoms with Crippen molar-refractivity contribution in [3.05, 3.63) is 60.6 Å². The summed E-state index contributed by atoms with van der Waals surface area (Å²) in [4.78, 5) is 25.4. The fourth-order valence-electron chi connectivity index (χ4n) is 4.93. The van der Waals surface area contributed by atoms with Crippen molar-refractivity contribution in [3.63, 3.8) is 0 Å². The number of nitrogens with zero attached hydrogens (tertiary/aromatic N) is 5. The van der Waals surface area contributed by atoms with Crippen LogP contribution in [0.15, 0.2) is 55.0 Å². The number of carbonyl (C=O) groups is 1. The zero-order valence-electron chi connectivity index (χ0n) is 17.7. The Hall–Kier alpha value is -3.56. The first-order valence-electron chi connectivity index (χ1n) is 10.7. The van der Waals surface area contributed by atoms with Gasteiger partial charge in [-0.2, -0.15) is 5.10 Å². The van der Waals surface area contributed by atoms with E-state index in [1.54, 1.807) is 30.5 Å². The highest BCUT2D eigenvalue weighted by Gasteiger charge is 2.42. The molecule has 1 saturated heterocycles. The Labute approximate surface area is 196 Å². The maximum Gasteiger partial charge on any atom is 0.256 e. The van der Waals surface area contributed by atoms with Crippen LogP contribution in [-0.2, 0) is 0 Å². The molecular weight excluding hydrogens is 440 g/mol. The van der Waals surface area contributed by atoms with E-state index in [0.29, 0.717) is 29.2 Å². The molecule has 4 N–H and O–H groups in total. The van der Waals surface area contributed by atoms with Gasteiger partial charge in [-0.1, -0.05) is 18.2 Å². The Morgan fingerprint density at radius 2 is 1.94 bits per heavy atom. The molecule has 0 radical (unpaired) electrons. The lowest BCUT2D eigenvalue weighted by Crippen LogP contribution is -2.35. The molecular formula is C23H23ClN8O. The monoisotopic (exact) mass is 462 g/mol. The molecule has 1 amide bonds. The first-order valence-corrected chi connectivity index (χ1v) is 10.7. The summed E-state index contributed by atoms with van der Waals surface area (Å²) in [6.07, 6.45) is 5.38. The Balaban J connectivity index is 0.00000228. The van der Waals surface area contributed by atoms with Crippen LogP contribution in [0.3, 0.4) is 0 Å². The van der Waals surface area contributed by atoms with E-state index in [4.69, 9.17) is 10.8 Å². The summed E-state index contributed by atoms with van der Waals surface area (Å²) in [7, 11) is 0. The van der Waals surface area contributed by atoms with E-state index in [-0.39, 0.29) is 24.4 Å². The number of pyridine rings is 1. The zero-order chi connectivity index (χ0) is 21.7. The normalized spacial score (nSPS) is 21.2. The fraction of sp³-hybridized carbons (Fsp3) is 0.261. The topological polar surface area (TPSA) is 124 Å². The molecule has 1 aliphatic heterocycles. The third-order valence-corrected chi connectivity index (χ3v) is 6.45. The number of halogens is 1. The van der Waals surface area contributed by atoms with Crippen molar-refractivity contribution in [2.24, 2.45) is 5.92 Å². The number of fused-ring (bicyclic) bond motifs is 3. The second-order valence-electron chi connectivity index (χ2n) is 8.42. The van der Waals surface area contributed by atoms with Crippen LogP contribution >= 0.6 is 12.4 Å². The van der Waals surface area contributed by atoms with E-state index in [0.717, 1.165) is 35.3 Å². The lowest BCUT2D eigenvalue weighted by atomic mass is 10.1. The van der Waals surface area contributed by atoms with Crippen LogP contribution in [0.25, 0.3) is 22.3 Å². The third kappa shape index (κ3) is 3.69. The van der Waals surface area contributed by atoms with Gasteiger partial charge in [0, 0.05) is 23.4 Å². The van der Waals surface area contributed by atoms with Crippen LogP contribution in [0.4, 0.5) is 11.6 Å². The van der Waals surface area contributed by atoms with Crippen LogP contribution in [0.2, 0.25) is 0 Å². The minimum absolute atomic E-state index is 0. The molecule has 0 spiro atoms. The van der Waals surface area contributed by atoms with E-state index >= 15 is 0 Å². The van der Waals surface area contributed by atoms with Crippen LogP contribution in [0.1, 0.15) is 29.2 Å². The molecule has 3 aromatic heterocycles. The summed E-state index contributed by atoms with van der Waals surface area (Å²) in [6.45, 7) is 1.08. The van der Waals surface area contributed by atoms with Gasteiger partial charge in [-0.15, -0.1) is 12.4 Å². The Morgan fingerprint density at radius 1 is 1.09 bits per heavy atom. The number of aromatic nitrogens is 5. The number of hydrogen-bond donors (Lipinski definition) is 3. The first-order chi connectivity index (χ1) is 15.7. The van der Waals surface area contributed by atoms with Gasteiger partial charge in [0.05, 0.1) is 11.4 Å². The number of rotatable bonds is 4. The van der Waals surface area contributed by atoms with Crippen molar-refractivity contribution in [2.75, 3.05) is 17.6 Å². The third-order valence-electron chi connectivity index (χ3n) is 6.45. The molecule has 6 rings (SSSR count). The van der Waals surface area contributed by atoms with Gasteiger partial charge in [-0.3, -0.25) is 4.79 Å². The van der Waals surface area contributed by atoms with E-state index in [1.807, 2.05) is 22.9 Å². The van der Waals surface area contributed by atoms with Gasteiger partial charge in [0.25, 0.3) is 5.91 Å². The van der Waals surface area contributed by atoms with Gasteiger partial charge in [0.2, 0.25) is 0 Å². The van der Waals surface area contributed by atoms with Gasteiger partial charge in [-0.25, -0.2) is 19.6 Å². The maximum absolute atomic E-state index is 12.6. The number of benzene rings is 1. The molecule has 2 bridgehead atoms. The van der Waals surface area contributed by atoms with Gasteiger partial charge < -0.3 is 16.4 Å². The number of nitrogens with two attached hydrogens (primary N) is 1. The number of hydrogen-bond acceptors (Lipinski definition) is 7. The maximum atomic E-state index is 12.6. The lowest BCUT2D eigenvalue weighted by Gasteiger charge is -2.23. The van der Waals surface area contributed by atoms with Gasteiger partial charge in [0.15, 0.2) is 5.65 Å². The molecule has 9 nitrogen and oxygen atoms in total. The summed E-state index contributed by atoms with van der Waals surface area (Å²) in [6, 6.07) is 13.3. The summed E-state index contributed by atoms with van der Waals surface area (Å²) in [5.74, 6) is 1.38. The highest BCUT2D eigenvalue weighted by Crippen LogP contribution is 2.41. The minimum Gasteiger partial charge on any atom is -0.383 e. The van der Waals surface area contributed by atoms with Crippen LogP contribution in [-0.4, -0.2) is 43.2 Å². The highest BCUT2D eigenvalue weighted by molar-refractivity contribution is 6.04. The first kappa shape index (κ1) is 21.3. The molecule has 3 atom stereocenters. The molecule has 1 saturated carbocycles. The van der Waals surface area contributed by atoms with Gasteiger partial charge in [0.1, 0.15) is 23.7 Å². The van der Waals surface area contributed by atoms with Crippen molar-refractivity contribution in [2.45, 2.75) is 24.9 Å². The molecule has 1 aliphatic carbocycles. The molecule has 4 aromatic rings. The van der Waals surface area contributed by atoms with Crippen molar-refractivity contribution in [3.8, 4) is 11.3 Å². The van der Waals surface area contributed by atoms with E-state index in [9.17, 15) is 4.79 Å². The molecule has 4 heterocycles. The van der Waals surface area contributed by atoms with E-state index in [1.165, 1.54) is 12.7 Å². The van der Waals surface area contributed by atoms with Crippen molar-refractivity contribution < 1.29 is 4.79 Å². The quantitative estimate of drug-likeness (QED) is 0.425. The van der Waals surface area contributed by atoms with Crippen LogP contribution in [0, 0.1) is 5.92 Å². The number of nitrogens with one attached hydrogen (secondary N) is 2. The van der Waals surface area contributed by atoms with Crippen LogP contribution < -0.4 is 16.4 Å². The largest absolute Gasteiger partial charge is 0.383 e. The average molecular weight is 463 g/mol. The second kappa shape index (κ2) is 8.42. The summed E-state index contributed by atoms with van der Waals surface area (Å²) in [5, 5.41) is 12.1. The highest BCUT2D eigenvalue weighted by atomic mass is 35.5. The number of anilines is 2. The smallest absolute Gasteiger partial charge is 0.256 e. The molecule has 10 heteroatoms. The molecule has 1 aromatic carbocycles. The van der Waals surface area contributed by atoms with Crippen molar-refractivity contribution in [1.82, 2.24) is 30.0 Å². The van der Waals surface area contributed by atoms with Gasteiger partial charge >= 0.3 is 0 Å². The summed E-state index contributed by atoms with van der Waals surface area (Å²) >= 11 is 0. The number of amides is 1. The summed E-state index contributed by atoms with van der Waals surface area (Å²) < 4.78 is 2.02. The number of nitrogen functional groups attached to an aromatic ring is 1. The standard InChI is InChI=1S/C23H22N8O.ClH/c24-21-19-20(14-4-6-15(7-5-14)23(32)29-18-3-1-2-8-25-18)30-31(22(19)28-12-27-21)17-10-13-9-16(17)26-11-13;/h1-8,12-13,16-17,26H,9-11H2,(H2,24,27,28)(H,25,29,32);1H/t13-,16?,17?;/m1./s1. The van der Waals surface area contributed by atoms with Gasteiger partial charge in [-0.05, 0) is 49.6 Å². The van der Waals surface area contributed by atoms with Crippen molar-refractivity contribution in [1.29, 1.82) is 0 Å². The Morgan fingerprint density at radius 3 is 2.64 bits per heavy atom. The Bertz CT molecular complexity index is 1310. The lowest BCUT2D eigenvalue weighted by molar-refractivity contribution is 0.102. The fourth-order valence-corrected chi connectivity index (χ4v) is 4.93. The molecule has 2 fully saturated rings. The molecule has 33 heavy (non-hydrogen) atoms. The van der Waals surface area contributed by atoms with Crippen molar-refractivity contribution >= 4 is 41.0 Å². The number of piperidine rings is 1. The molecule has 2 unspecified atom stereocenters. The number of carbonyl (C=O) groups excluding carboxylic acids is 1. The molecule has 2 aliphatic rings. The average Bonchev–Trinajstić information content (AvgIpc) is 3.55. The summed E-state index contributed by atoms with van der Waals surface area (Å²) in [5.41, 5.74) is 9.14. The van der Waals surface area contributed by atoms with E-state index in [2.05, 4.69) is 25.6 Å². The zero-order valence-corrected chi connectivity index (χ0v) is 18.5. The van der Waals surface area contributed by atoms with E-state index < -0.39 is 0 Å². The predicted octanol–water partition coefficient (Wildman–Crippen LogP) is 3.07. The van der Waals surface area contributed by atoms with Crippen LogP contribution in [0.5, 0.6) is 0 Å². The SMILES string of the molecule is Cl.Nc1ncnc2c1c(-c1ccc(C(=O)Nc3ccccn3)cc1)nn2C1C[C@@H]2CNC1C2. The Kier molecular flexibility index (Phi) is 5.43.